The van der Waals surface area contributed by atoms with Crippen molar-refractivity contribution in [1.29, 1.82) is 5.26 Å². The van der Waals surface area contributed by atoms with Crippen LogP contribution in [0.3, 0.4) is 0 Å². The Bertz CT molecular complexity index is 1480. The molecule has 172 valence electrons. The maximum Gasteiger partial charge on any atom is 0.161 e. The number of sulfone groups is 1. The lowest BCUT2D eigenvalue weighted by atomic mass is 10.1. The molecular weight excluding hydrogens is 450 g/mol. The molecule has 0 amide bonds. The molecule has 4 aromatic rings. The number of aromatic nitrogens is 3. The molecule has 1 aliphatic heterocycles. The molecule has 1 fully saturated rings. The molecule has 9 heteroatoms. The highest BCUT2D eigenvalue weighted by atomic mass is 32.2. The van der Waals surface area contributed by atoms with Crippen molar-refractivity contribution < 1.29 is 13.2 Å². The van der Waals surface area contributed by atoms with Crippen LogP contribution in [0, 0.1) is 11.3 Å². The topological polar surface area (TPSA) is 112 Å². The number of hydrogen-bond donors (Lipinski definition) is 1. The number of fused-ring (bicyclic) bond motifs is 1. The summed E-state index contributed by atoms with van der Waals surface area (Å²) in [5, 5.41) is 10.1. The number of H-pyrrole nitrogens is 1. The Kier molecular flexibility index (Phi) is 6.01. The highest BCUT2D eigenvalue weighted by molar-refractivity contribution is 7.89. The van der Waals surface area contributed by atoms with E-state index in [9.17, 15) is 8.42 Å². The van der Waals surface area contributed by atoms with Gasteiger partial charge in [0.1, 0.15) is 5.82 Å². The molecule has 1 aliphatic rings. The van der Waals surface area contributed by atoms with Crippen molar-refractivity contribution in [1.82, 2.24) is 15.0 Å². The van der Waals surface area contributed by atoms with Crippen molar-refractivity contribution in [3.8, 4) is 17.5 Å². The van der Waals surface area contributed by atoms with Crippen molar-refractivity contribution in [2.24, 2.45) is 0 Å². The fraction of sp³-hybridized carbons (Fsp3) is 0.240. The first-order valence-electron chi connectivity index (χ1n) is 11.0. The average molecular weight is 474 g/mol. The van der Waals surface area contributed by atoms with Crippen LogP contribution < -0.4 is 4.90 Å². The van der Waals surface area contributed by atoms with Crippen LogP contribution in [0.25, 0.3) is 22.3 Å². The van der Waals surface area contributed by atoms with Gasteiger partial charge in [-0.05, 0) is 42.0 Å². The number of nitrogens with one attached hydrogen (secondary N) is 1. The summed E-state index contributed by atoms with van der Waals surface area (Å²) in [7, 11) is -3.53. The third-order valence-electron chi connectivity index (χ3n) is 5.72. The Morgan fingerprint density at radius 3 is 2.71 bits per heavy atom. The second-order valence-electron chi connectivity index (χ2n) is 8.26. The third-order valence-corrected chi connectivity index (χ3v) is 7.23. The minimum Gasteiger partial charge on any atom is -0.378 e. The number of nitriles is 1. The molecule has 1 N–H and O–H groups in total. The van der Waals surface area contributed by atoms with Crippen LogP contribution >= 0.6 is 0 Å². The van der Waals surface area contributed by atoms with Gasteiger partial charge in [0.15, 0.2) is 15.7 Å². The van der Waals surface area contributed by atoms with Crippen LogP contribution in [-0.4, -0.2) is 49.7 Å². The van der Waals surface area contributed by atoms with Crippen molar-refractivity contribution in [3.05, 3.63) is 77.6 Å². The fourth-order valence-electron chi connectivity index (χ4n) is 4.09. The second kappa shape index (κ2) is 9.25. The molecule has 34 heavy (non-hydrogen) atoms. The zero-order valence-electron chi connectivity index (χ0n) is 18.4. The number of ether oxygens (including phenoxy) is 1. The van der Waals surface area contributed by atoms with Crippen LogP contribution in [0.15, 0.2) is 60.8 Å². The lowest BCUT2D eigenvalue weighted by Crippen LogP contribution is -2.37. The minimum atomic E-state index is -3.53. The molecule has 0 bridgehead atoms. The molecule has 1 saturated heterocycles. The Hall–Kier alpha value is -3.74. The number of anilines is 1. The second-order valence-corrected chi connectivity index (χ2v) is 10.3. The van der Waals surface area contributed by atoms with E-state index in [1.54, 1.807) is 30.3 Å². The Balaban J connectivity index is 1.50. The molecule has 0 atom stereocenters. The molecule has 0 unspecified atom stereocenters. The van der Waals surface area contributed by atoms with Gasteiger partial charge in [-0.3, -0.25) is 0 Å². The van der Waals surface area contributed by atoms with E-state index in [2.05, 4.69) is 14.9 Å². The van der Waals surface area contributed by atoms with Crippen molar-refractivity contribution in [2.75, 3.05) is 31.2 Å². The zero-order valence-corrected chi connectivity index (χ0v) is 19.3. The van der Waals surface area contributed by atoms with Crippen LogP contribution in [0.5, 0.6) is 0 Å². The summed E-state index contributed by atoms with van der Waals surface area (Å²) >= 11 is 0. The number of rotatable bonds is 6. The Morgan fingerprint density at radius 1 is 1.03 bits per heavy atom. The predicted molar refractivity (Wildman–Crippen MR) is 130 cm³/mol. The summed E-state index contributed by atoms with van der Waals surface area (Å²) in [6.45, 7) is 2.55. The largest absolute Gasteiger partial charge is 0.378 e. The molecule has 2 aromatic carbocycles. The first-order chi connectivity index (χ1) is 16.5. The van der Waals surface area contributed by atoms with Crippen LogP contribution in [0.1, 0.15) is 16.8 Å². The van der Waals surface area contributed by atoms with E-state index in [4.69, 9.17) is 15.0 Å². The smallest absolute Gasteiger partial charge is 0.161 e. The lowest BCUT2D eigenvalue weighted by molar-refractivity contribution is 0.122. The highest BCUT2D eigenvalue weighted by Gasteiger charge is 2.20. The van der Waals surface area contributed by atoms with Gasteiger partial charge < -0.3 is 14.6 Å². The van der Waals surface area contributed by atoms with E-state index in [-0.39, 0.29) is 11.5 Å². The first-order valence-corrected chi connectivity index (χ1v) is 12.8. The molecule has 0 spiro atoms. The number of morpholine rings is 1. The normalized spacial score (nSPS) is 14.3. The van der Waals surface area contributed by atoms with Gasteiger partial charge >= 0.3 is 0 Å². The highest BCUT2D eigenvalue weighted by Crippen LogP contribution is 2.25. The summed E-state index contributed by atoms with van der Waals surface area (Å²) in [5.74, 6) is 0.801. The number of aromatic amines is 1. The van der Waals surface area contributed by atoms with Crippen LogP contribution in [0.4, 0.5) is 5.82 Å². The van der Waals surface area contributed by atoms with Crippen LogP contribution in [0.2, 0.25) is 0 Å². The Labute approximate surface area is 197 Å². The molecule has 5 rings (SSSR count). The summed E-state index contributed by atoms with van der Waals surface area (Å²) < 4.78 is 31.6. The van der Waals surface area contributed by atoms with Crippen LogP contribution in [-0.2, 0) is 26.1 Å². The van der Waals surface area contributed by atoms with E-state index in [0.717, 1.165) is 16.5 Å². The third kappa shape index (κ3) is 4.93. The zero-order chi connectivity index (χ0) is 23.5. The Morgan fingerprint density at radius 2 is 1.88 bits per heavy atom. The van der Waals surface area contributed by atoms with E-state index in [0.29, 0.717) is 54.8 Å². The fourth-order valence-corrected chi connectivity index (χ4v) is 5.48. The SMILES string of the molecule is N#Cc1cccc(CS(=O)(=O)Cc2cc(N3CCOCC3)nc(-c3ccc4[nH]ccc4c3)n2)c1. The van der Waals surface area contributed by atoms with Gasteiger partial charge in [-0.2, -0.15) is 5.26 Å². The van der Waals surface area contributed by atoms with Gasteiger partial charge in [0.2, 0.25) is 0 Å². The molecule has 0 aliphatic carbocycles. The maximum absolute atomic E-state index is 13.1. The van der Waals surface area contributed by atoms with E-state index in [1.165, 1.54) is 0 Å². The van der Waals surface area contributed by atoms with Gasteiger partial charge in [-0.15, -0.1) is 0 Å². The van der Waals surface area contributed by atoms with Crippen molar-refractivity contribution in [3.63, 3.8) is 0 Å². The van der Waals surface area contributed by atoms with Gasteiger partial charge in [0, 0.05) is 41.8 Å². The summed E-state index contributed by atoms with van der Waals surface area (Å²) in [6.07, 6.45) is 1.87. The number of nitrogens with zero attached hydrogens (tertiary/aromatic N) is 4. The summed E-state index contributed by atoms with van der Waals surface area (Å²) in [6, 6.07) is 18.4. The van der Waals surface area contributed by atoms with Gasteiger partial charge in [0.25, 0.3) is 0 Å². The predicted octanol–water partition coefficient (Wildman–Crippen LogP) is 3.45. The molecule has 2 aromatic heterocycles. The molecule has 0 radical (unpaired) electrons. The molecule has 0 saturated carbocycles. The van der Waals surface area contributed by atoms with E-state index >= 15 is 0 Å². The minimum absolute atomic E-state index is 0.163. The van der Waals surface area contributed by atoms with Gasteiger partial charge in [-0.1, -0.05) is 12.1 Å². The summed E-state index contributed by atoms with van der Waals surface area (Å²) in [4.78, 5) is 14.7. The molecule has 8 nitrogen and oxygen atoms in total. The van der Waals surface area contributed by atoms with E-state index < -0.39 is 9.84 Å². The quantitative estimate of drug-likeness (QED) is 0.456. The van der Waals surface area contributed by atoms with Crippen molar-refractivity contribution in [2.45, 2.75) is 11.5 Å². The summed E-state index contributed by atoms with van der Waals surface area (Å²) in [5.41, 5.74) is 3.29. The maximum atomic E-state index is 13.1. The standard InChI is InChI=1S/C25H23N5O3S/c26-15-18-2-1-3-19(12-18)16-34(31,32)17-22-14-24(30-8-10-33-11-9-30)29-25(28-22)21-4-5-23-20(13-21)6-7-27-23/h1-7,12-14,27H,8-11,16-17H2. The van der Waals surface area contributed by atoms with Crippen molar-refractivity contribution >= 4 is 26.6 Å². The molecule has 3 heterocycles. The number of benzene rings is 2. The number of hydrogen-bond acceptors (Lipinski definition) is 7. The lowest BCUT2D eigenvalue weighted by Gasteiger charge is -2.28. The molecular formula is C25H23N5O3S. The monoisotopic (exact) mass is 473 g/mol. The van der Waals surface area contributed by atoms with Gasteiger partial charge in [0.05, 0.1) is 42.0 Å². The first kappa shape index (κ1) is 22.1. The van der Waals surface area contributed by atoms with Gasteiger partial charge in [-0.25, -0.2) is 18.4 Å². The van der Waals surface area contributed by atoms with E-state index in [1.807, 2.05) is 36.5 Å². The average Bonchev–Trinajstić information content (AvgIpc) is 3.32.